The van der Waals surface area contributed by atoms with Gasteiger partial charge in [-0.1, -0.05) is 0 Å². The van der Waals surface area contributed by atoms with Gasteiger partial charge >= 0.3 is 5.97 Å². The van der Waals surface area contributed by atoms with Crippen molar-refractivity contribution in [3.63, 3.8) is 0 Å². The smallest absolute Gasteiger partial charge is 0.305 e. The van der Waals surface area contributed by atoms with Crippen LogP contribution in [-0.2, 0) is 28.5 Å². The molecule has 10 nitrogen and oxygen atoms in total. The Morgan fingerprint density at radius 3 is 2.56 bits per heavy atom. The van der Waals surface area contributed by atoms with Crippen molar-refractivity contribution >= 4 is 29.1 Å². The van der Waals surface area contributed by atoms with Gasteiger partial charge in [-0.25, -0.2) is 4.98 Å². The number of carbonyl (C=O) groups is 3. The van der Waals surface area contributed by atoms with Crippen LogP contribution in [-0.4, -0.2) is 94.6 Å². The van der Waals surface area contributed by atoms with Crippen molar-refractivity contribution in [2.75, 3.05) is 66.9 Å². The molecule has 180 valence electrons. The Hall–Kier alpha value is -2.08. The summed E-state index contributed by atoms with van der Waals surface area (Å²) in [4.78, 5) is 41.9. The van der Waals surface area contributed by atoms with E-state index in [9.17, 15) is 14.4 Å². The third-order valence-electron chi connectivity index (χ3n) is 5.05. The number of hydrogen-bond acceptors (Lipinski definition) is 9. The summed E-state index contributed by atoms with van der Waals surface area (Å²) >= 11 is 1.47. The number of nitrogens with zero attached hydrogens (tertiary/aromatic N) is 2. The zero-order chi connectivity index (χ0) is 23.2. The van der Waals surface area contributed by atoms with Crippen molar-refractivity contribution in [2.45, 2.75) is 31.6 Å². The molecule has 1 aliphatic rings. The first-order valence-electron chi connectivity index (χ1n) is 10.8. The molecule has 2 heterocycles. The number of esters is 1. The summed E-state index contributed by atoms with van der Waals surface area (Å²) in [5.41, 5.74) is 0.391. The van der Waals surface area contributed by atoms with E-state index in [0.717, 1.165) is 17.8 Å². The predicted octanol–water partition coefficient (Wildman–Crippen LogP) is 1.21. The summed E-state index contributed by atoms with van der Waals surface area (Å²) < 4.78 is 20.1. The molecule has 0 spiro atoms. The van der Waals surface area contributed by atoms with E-state index in [1.807, 2.05) is 4.90 Å². The van der Waals surface area contributed by atoms with E-state index in [1.54, 1.807) is 12.5 Å². The molecule has 1 fully saturated rings. The van der Waals surface area contributed by atoms with Gasteiger partial charge in [0.05, 0.1) is 38.5 Å². The van der Waals surface area contributed by atoms with Crippen LogP contribution in [0.15, 0.2) is 5.38 Å². The molecule has 32 heavy (non-hydrogen) atoms. The number of ether oxygens (including phenoxy) is 4. The average molecular weight is 472 g/mol. The highest BCUT2D eigenvalue weighted by Crippen LogP contribution is 2.30. The zero-order valence-corrected chi connectivity index (χ0v) is 19.6. The maximum absolute atomic E-state index is 12.3. The maximum atomic E-state index is 12.3. The van der Waals surface area contributed by atoms with Crippen molar-refractivity contribution in [3.05, 3.63) is 16.1 Å². The second kappa shape index (κ2) is 14.9. The number of rotatable bonds is 14. The van der Waals surface area contributed by atoms with Gasteiger partial charge in [-0.15, -0.1) is 11.3 Å². The van der Waals surface area contributed by atoms with Gasteiger partial charge in [-0.3, -0.25) is 14.4 Å². The van der Waals surface area contributed by atoms with Crippen molar-refractivity contribution < 1.29 is 33.3 Å². The minimum Gasteiger partial charge on any atom is -0.469 e. The molecule has 0 aromatic carbocycles. The topological polar surface area (TPSA) is 116 Å². The lowest BCUT2D eigenvalue weighted by Crippen LogP contribution is -2.40. The Morgan fingerprint density at radius 1 is 1.12 bits per heavy atom. The number of nitrogens with one attached hydrogen (secondary N) is 1. The van der Waals surface area contributed by atoms with Gasteiger partial charge in [-0.2, -0.15) is 0 Å². The van der Waals surface area contributed by atoms with Crippen molar-refractivity contribution in [3.8, 4) is 0 Å². The first kappa shape index (κ1) is 26.2. The molecular weight excluding hydrogens is 438 g/mol. The Bertz CT molecular complexity index is 720. The van der Waals surface area contributed by atoms with Crippen molar-refractivity contribution in [1.29, 1.82) is 0 Å². The van der Waals surface area contributed by atoms with Crippen molar-refractivity contribution in [2.24, 2.45) is 0 Å². The van der Waals surface area contributed by atoms with Crippen LogP contribution in [0.25, 0.3) is 0 Å². The second-order valence-corrected chi connectivity index (χ2v) is 8.21. The molecule has 1 saturated heterocycles. The van der Waals surface area contributed by atoms with Gasteiger partial charge in [0.25, 0.3) is 5.91 Å². The van der Waals surface area contributed by atoms with Crippen LogP contribution in [0.1, 0.15) is 47.1 Å². The van der Waals surface area contributed by atoms with E-state index in [2.05, 4.69) is 15.0 Å². The zero-order valence-electron chi connectivity index (χ0n) is 18.8. The molecule has 1 aliphatic heterocycles. The van der Waals surface area contributed by atoms with Crippen LogP contribution in [0.4, 0.5) is 0 Å². The van der Waals surface area contributed by atoms with E-state index in [0.29, 0.717) is 58.2 Å². The summed E-state index contributed by atoms with van der Waals surface area (Å²) in [6.07, 6.45) is 2.40. The molecule has 0 bridgehead atoms. The molecule has 1 aromatic heterocycles. The Morgan fingerprint density at radius 2 is 1.84 bits per heavy atom. The standard InChI is InChI=1S/C21H33N3O7S/c1-28-10-11-30-12-13-31-14-18(25)24-8-5-16(6-9-24)21-23-17(15-32-21)20(27)22-7-3-4-19(26)29-2/h15-16H,3-14H2,1-2H3,(H,22,27). The van der Waals surface area contributed by atoms with Crippen LogP contribution in [0, 0.1) is 0 Å². The Kier molecular flexibility index (Phi) is 12.2. The lowest BCUT2D eigenvalue weighted by molar-refractivity contribution is -0.140. The number of piperidine rings is 1. The van der Waals surface area contributed by atoms with E-state index < -0.39 is 0 Å². The molecule has 2 rings (SSSR count). The van der Waals surface area contributed by atoms with Gasteiger partial charge in [0.2, 0.25) is 5.91 Å². The van der Waals surface area contributed by atoms with Gasteiger partial charge in [0.1, 0.15) is 12.3 Å². The third kappa shape index (κ3) is 9.19. The van der Waals surface area contributed by atoms with Crippen molar-refractivity contribution in [1.82, 2.24) is 15.2 Å². The predicted molar refractivity (Wildman–Crippen MR) is 118 cm³/mol. The molecule has 2 amide bonds. The molecule has 1 aromatic rings. The molecule has 0 unspecified atom stereocenters. The average Bonchev–Trinajstić information content (AvgIpc) is 3.31. The van der Waals surface area contributed by atoms with Crippen LogP contribution in [0.2, 0.25) is 0 Å². The molecule has 0 aliphatic carbocycles. The first-order chi connectivity index (χ1) is 15.5. The number of amides is 2. The fourth-order valence-corrected chi connectivity index (χ4v) is 4.17. The molecule has 0 radical (unpaired) electrons. The number of thiazole rings is 1. The van der Waals surface area contributed by atoms with E-state index in [-0.39, 0.29) is 36.7 Å². The highest BCUT2D eigenvalue weighted by molar-refractivity contribution is 7.09. The fourth-order valence-electron chi connectivity index (χ4n) is 3.20. The highest BCUT2D eigenvalue weighted by Gasteiger charge is 2.26. The van der Waals surface area contributed by atoms with E-state index in [1.165, 1.54) is 18.4 Å². The lowest BCUT2D eigenvalue weighted by Gasteiger charge is -2.31. The van der Waals surface area contributed by atoms with Crippen LogP contribution in [0.5, 0.6) is 0 Å². The number of carbonyl (C=O) groups excluding carboxylic acids is 3. The second-order valence-electron chi connectivity index (χ2n) is 7.32. The highest BCUT2D eigenvalue weighted by atomic mass is 32.1. The van der Waals surface area contributed by atoms with Gasteiger partial charge in [-0.05, 0) is 19.3 Å². The molecule has 1 N–H and O–H groups in total. The monoisotopic (exact) mass is 471 g/mol. The summed E-state index contributed by atoms with van der Waals surface area (Å²) in [6.45, 7) is 3.59. The third-order valence-corrected chi connectivity index (χ3v) is 6.06. The number of hydrogen-bond donors (Lipinski definition) is 1. The minimum atomic E-state index is -0.293. The van der Waals surface area contributed by atoms with Crippen LogP contribution < -0.4 is 5.32 Å². The quantitative estimate of drug-likeness (QED) is 0.318. The summed E-state index contributed by atoms with van der Waals surface area (Å²) in [7, 11) is 2.96. The number of methoxy groups -OCH3 is 2. The van der Waals surface area contributed by atoms with E-state index in [4.69, 9.17) is 14.2 Å². The first-order valence-corrected chi connectivity index (χ1v) is 11.7. The van der Waals surface area contributed by atoms with Gasteiger partial charge < -0.3 is 29.2 Å². The van der Waals surface area contributed by atoms with Gasteiger partial charge in [0, 0.05) is 44.5 Å². The molecule has 0 saturated carbocycles. The molecular formula is C21H33N3O7S. The Labute approximate surface area is 192 Å². The van der Waals surface area contributed by atoms with Gasteiger partial charge in [0.15, 0.2) is 0 Å². The number of likely N-dealkylation sites (tertiary alicyclic amines) is 1. The van der Waals surface area contributed by atoms with Crippen LogP contribution in [0.3, 0.4) is 0 Å². The SMILES string of the molecule is COCCOCCOCC(=O)N1CCC(c2nc(C(=O)NCCCC(=O)OC)cs2)CC1. The molecule has 11 heteroatoms. The normalized spacial score (nSPS) is 14.4. The summed E-state index contributed by atoms with van der Waals surface area (Å²) in [5.74, 6) is -0.321. The number of aromatic nitrogens is 1. The van der Waals surface area contributed by atoms with E-state index >= 15 is 0 Å². The van der Waals surface area contributed by atoms with Crippen LogP contribution >= 0.6 is 11.3 Å². The summed E-state index contributed by atoms with van der Waals surface area (Å²) in [6, 6.07) is 0. The summed E-state index contributed by atoms with van der Waals surface area (Å²) in [5, 5.41) is 5.44. The fraction of sp³-hybridized carbons (Fsp3) is 0.714. The largest absolute Gasteiger partial charge is 0.469 e. The molecule has 0 atom stereocenters. The lowest BCUT2D eigenvalue weighted by atomic mass is 9.97. The minimum absolute atomic E-state index is 0.0218. The Balaban J connectivity index is 1.64. The maximum Gasteiger partial charge on any atom is 0.305 e.